The summed E-state index contributed by atoms with van der Waals surface area (Å²) in [6, 6.07) is 10.2. The summed E-state index contributed by atoms with van der Waals surface area (Å²) in [4.78, 5) is 7.79. The normalized spacial score (nSPS) is 11.9. The average molecular weight is 370 g/mol. The van der Waals surface area contributed by atoms with E-state index in [9.17, 15) is 0 Å². The Kier molecular flexibility index (Phi) is 4.01. The van der Waals surface area contributed by atoms with Crippen LogP contribution in [0.25, 0.3) is 38.2 Å². The number of nitrogens with zero attached hydrogens (tertiary/aromatic N) is 3. The van der Waals surface area contributed by atoms with Crippen molar-refractivity contribution in [2.45, 2.75) is 40.0 Å². The molecule has 0 aliphatic rings. The van der Waals surface area contributed by atoms with Crippen molar-refractivity contribution in [2.75, 3.05) is 0 Å². The predicted octanol–water partition coefficient (Wildman–Crippen LogP) is 5.94. The Morgan fingerprint density at radius 2 is 1.75 bits per heavy atom. The van der Waals surface area contributed by atoms with Crippen molar-refractivity contribution in [3.63, 3.8) is 0 Å². The lowest BCUT2D eigenvalue weighted by Crippen LogP contribution is -2.33. The zero-order valence-corrected chi connectivity index (χ0v) is 17.2. The van der Waals surface area contributed by atoms with Gasteiger partial charge in [-0.1, -0.05) is 50.5 Å². The van der Waals surface area contributed by atoms with Crippen LogP contribution < -0.4 is 4.57 Å². The molecule has 0 saturated carbocycles. The Labute approximate surface area is 165 Å². The molecule has 4 aromatic rings. The highest BCUT2D eigenvalue weighted by atomic mass is 16.3. The Balaban J connectivity index is 2.09. The molecular weight excluding hydrogens is 346 g/mol. The maximum Gasteiger partial charge on any atom is 0.322 e. The van der Waals surface area contributed by atoms with E-state index >= 15 is 0 Å². The summed E-state index contributed by atoms with van der Waals surface area (Å²) in [5, 5.41) is 1.96. The van der Waals surface area contributed by atoms with E-state index in [0.717, 1.165) is 33.2 Å². The van der Waals surface area contributed by atoms with Gasteiger partial charge in [-0.05, 0) is 36.5 Å². The number of hydrogen-bond acceptors (Lipinski definition) is 2. The van der Waals surface area contributed by atoms with E-state index in [4.69, 9.17) is 11.0 Å². The summed E-state index contributed by atoms with van der Waals surface area (Å²) in [5.41, 5.74) is 7.32. The summed E-state index contributed by atoms with van der Waals surface area (Å²) in [5.74, 6) is 0.348. The monoisotopic (exact) mass is 370 g/mol. The number of pyridine rings is 2. The van der Waals surface area contributed by atoms with E-state index in [-0.39, 0.29) is 5.41 Å². The highest BCUT2D eigenvalue weighted by molar-refractivity contribution is 6.09. The molecule has 0 spiro atoms. The van der Waals surface area contributed by atoms with Gasteiger partial charge in [0, 0.05) is 17.0 Å². The van der Waals surface area contributed by atoms with Gasteiger partial charge < -0.3 is 9.26 Å². The molecule has 4 heteroatoms. The largest absolute Gasteiger partial charge is 0.419 e. The first-order valence-electron chi connectivity index (χ1n) is 9.42. The van der Waals surface area contributed by atoms with Crippen molar-refractivity contribution >= 4 is 27.9 Å². The van der Waals surface area contributed by atoms with Crippen LogP contribution in [0.2, 0.25) is 0 Å². The van der Waals surface area contributed by atoms with E-state index in [1.54, 1.807) is 6.07 Å². The second kappa shape index (κ2) is 6.17. The van der Waals surface area contributed by atoms with Crippen LogP contribution in [0.5, 0.6) is 0 Å². The van der Waals surface area contributed by atoms with Crippen LogP contribution in [0.1, 0.15) is 37.5 Å². The average Bonchev–Trinajstić information content (AvgIpc) is 2.99. The Morgan fingerprint density at radius 3 is 2.43 bits per heavy atom. The van der Waals surface area contributed by atoms with Crippen LogP contribution in [-0.4, -0.2) is 4.98 Å². The van der Waals surface area contributed by atoms with Crippen LogP contribution in [0.4, 0.5) is 5.82 Å². The lowest BCUT2D eigenvalue weighted by atomic mass is 9.83. The van der Waals surface area contributed by atoms with Crippen LogP contribution in [-0.2, 0) is 12.5 Å². The van der Waals surface area contributed by atoms with Crippen molar-refractivity contribution in [1.82, 2.24) is 4.98 Å². The zero-order chi connectivity index (χ0) is 20.2. The number of rotatable bonds is 1. The van der Waals surface area contributed by atoms with Crippen LogP contribution >= 0.6 is 0 Å². The van der Waals surface area contributed by atoms with Gasteiger partial charge in [0.05, 0.1) is 10.9 Å². The second-order valence-corrected chi connectivity index (χ2v) is 8.49. The quantitative estimate of drug-likeness (QED) is 0.307. The molecule has 0 bridgehead atoms. The third-order valence-electron chi connectivity index (χ3n) is 5.35. The van der Waals surface area contributed by atoms with E-state index < -0.39 is 0 Å². The van der Waals surface area contributed by atoms with Gasteiger partial charge in [-0.25, -0.2) is 4.57 Å². The molecule has 0 N–H and O–H groups in total. The topological polar surface area (TPSA) is 34.3 Å². The fraction of sp³-hybridized carbons (Fsp3) is 0.292. The molecule has 0 fully saturated rings. The molecule has 4 rings (SSSR count). The number of hydrogen-bond donors (Lipinski definition) is 0. The van der Waals surface area contributed by atoms with Gasteiger partial charge in [0.25, 0.3) is 5.82 Å². The molecule has 0 amide bonds. The van der Waals surface area contributed by atoms with E-state index in [1.165, 1.54) is 11.1 Å². The minimum atomic E-state index is 0.0505. The number of fused-ring (bicyclic) bond motifs is 3. The van der Waals surface area contributed by atoms with Gasteiger partial charge in [-0.3, -0.25) is 0 Å². The standard InChI is InChI=1S/C24H24N3O/c1-14-8-9-16-17-10-11-20(25-6)26-23(17)28-22(16)21(14)19-12-18(24(3,4)5)15(2)13-27(19)7/h8-13H,1-5,7H3/q+1. The van der Waals surface area contributed by atoms with Gasteiger partial charge in [-0.2, -0.15) is 0 Å². The van der Waals surface area contributed by atoms with Crippen LogP contribution in [0.15, 0.2) is 40.9 Å². The van der Waals surface area contributed by atoms with Gasteiger partial charge in [0.1, 0.15) is 7.05 Å². The first kappa shape index (κ1) is 18.2. The summed E-state index contributed by atoms with van der Waals surface area (Å²) in [6.07, 6.45) is 2.19. The molecule has 0 aliphatic carbocycles. The van der Waals surface area contributed by atoms with Crippen molar-refractivity contribution in [3.05, 3.63) is 64.6 Å². The van der Waals surface area contributed by atoms with Crippen molar-refractivity contribution in [3.8, 4) is 11.3 Å². The smallest absolute Gasteiger partial charge is 0.322 e. The minimum absolute atomic E-state index is 0.0505. The molecule has 0 unspecified atom stereocenters. The lowest BCUT2D eigenvalue weighted by Gasteiger charge is -2.21. The molecule has 28 heavy (non-hydrogen) atoms. The number of aromatic nitrogens is 2. The van der Waals surface area contributed by atoms with E-state index in [2.05, 4.69) is 80.5 Å². The molecular formula is C24H24N3O+. The fourth-order valence-corrected chi connectivity index (χ4v) is 4.03. The minimum Gasteiger partial charge on any atom is -0.419 e. The first-order chi connectivity index (χ1) is 13.2. The SMILES string of the molecule is [C-]#[N+]c1ccc2c(n1)oc1c(-c3cc(C(C)(C)C)c(C)c[n+]3C)c(C)ccc12. The molecule has 140 valence electrons. The van der Waals surface area contributed by atoms with Gasteiger partial charge in [0.2, 0.25) is 5.69 Å². The van der Waals surface area contributed by atoms with E-state index in [0.29, 0.717) is 11.5 Å². The summed E-state index contributed by atoms with van der Waals surface area (Å²) in [7, 11) is 2.07. The molecule has 3 aromatic heterocycles. The van der Waals surface area contributed by atoms with Gasteiger partial charge in [0.15, 0.2) is 11.8 Å². The lowest BCUT2D eigenvalue weighted by molar-refractivity contribution is -0.660. The highest BCUT2D eigenvalue weighted by Crippen LogP contribution is 2.38. The Hall–Kier alpha value is -3.19. The van der Waals surface area contributed by atoms with Gasteiger partial charge >= 0.3 is 5.71 Å². The third kappa shape index (κ3) is 2.75. The summed E-state index contributed by atoms with van der Waals surface area (Å²) in [6.45, 7) is 18.2. The van der Waals surface area contributed by atoms with Gasteiger partial charge in [-0.15, -0.1) is 0 Å². The molecule has 0 saturated heterocycles. The number of benzene rings is 1. The van der Waals surface area contributed by atoms with Crippen LogP contribution in [0, 0.1) is 20.4 Å². The Bertz CT molecular complexity index is 1280. The summed E-state index contributed by atoms with van der Waals surface area (Å²) < 4.78 is 8.37. The molecule has 1 aromatic carbocycles. The predicted molar refractivity (Wildman–Crippen MR) is 113 cm³/mol. The molecule has 0 aliphatic heterocycles. The Morgan fingerprint density at radius 1 is 1.04 bits per heavy atom. The fourth-order valence-electron chi connectivity index (χ4n) is 4.03. The first-order valence-corrected chi connectivity index (χ1v) is 9.42. The van der Waals surface area contributed by atoms with Crippen molar-refractivity contribution in [1.29, 1.82) is 0 Å². The molecule has 0 radical (unpaired) electrons. The maximum atomic E-state index is 7.21. The maximum absolute atomic E-state index is 7.21. The summed E-state index contributed by atoms with van der Waals surface area (Å²) >= 11 is 0. The zero-order valence-electron chi connectivity index (χ0n) is 17.2. The highest BCUT2D eigenvalue weighted by Gasteiger charge is 2.26. The molecule has 0 atom stereocenters. The number of aryl methyl sites for hydroxylation is 3. The molecule has 3 heterocycles. The van der Waals surface area contributed by atoms with Crippen molar-refractivity contribution in [2.24, 2.45) is 7.05 Å². The second-order valence-electron chi connectivity index (χ2n) is 8.49. The van der Waals surface area contributed by atoms with Crippen LogP contribution in [0.3, 0.4) is 0 Å². The molecule has 4 nitrogen and oxygen atoms in total. The van der Waals surface area contributed by atoms with Crippen molar-refractivity contribution < 1.29 is 8.98 Å². The third-order valence-corrected chi connectivity index (χ3v) is 5.35. The number of furan rings is 1. The van der Waals surface area contributed by atoms with E-state index in [1.807, 2.05) is 6.07 Å².